The van der Waals surface area contributed by atoms with Crippen LogP contribution in [0.15, 0.2) is 40.8 Å². The SMILES string of the molecule is Cn1c(=O)c2sccc2n2c(CCC(=O)NCc3cccnc3)nnc12. The van der Waals surface area contributed by atoms with Gasteiger partial charge in [0.25, 0.3) is 5.56 Å². The van der Waals surface area contributed by atoms with E-state index in [1.807, 2.05) is 28.0 Å². The zero-order chi connectivity index (χ0) is 18.1. The number of fused-ring (bicyclic) bond motifs is 3. The molecule has 1 N–H and O–H groups in total. The van der Waals surface area contributed by atoms with Crippen molar-refractivity contribution >= 4 is 33.2 Å². The van der Waals surface area contributed by atoms with Crippen LogP contribution in [0.25, 0.3) is 16.0 Å². The summed E-state index contributed by atoms with van der Waals surface area (Å²) >= 11 is 1.39. The van der Waals surface area contributed by atoms with E-state index in [4.69, 9.17) is 0 Å². The minimum Gasteiger partial charge on any atom is -0.352 e. The summed E-state index contributed by atoms with van der Waals surface area (Å²) in [5.41, 5.74) is 1.64. The molecular formula is C17H16N6O2S. The van der Waals surface area contributed by atoms with E-state index < -0.39 is 0 Å². The van der Waals surface area contributed by atoms with E-state index in [0.717, 1.165) is 11.1 Å². The van der Waals surface area contributed by atoms with Crippen LogP contribution in [0.1, 0.15) is 17.8 Å². The van der Waals surface area contributed by atoms with Gasteiger partial charge in [0.15, 0.2) is 0 Å². The van der Waals surface area contributed by atoms with Crippen molar-refractivity contribution in [3.05, 3.63) is 57.7 Å². The van der Waals surface area contributed by atoms with Crippen LogP contribution in [0.3, 0.4) is 0 Å². The molecule has 4 rings (SSSR count). The third kappa shape index (κ3) is 2.86. The van der Waals surface area contributed by atoms with Crippen molar-refractivity contribution in [2.45, 2.75) is 19.4 Å². The largest absolute Gasteiger partial charge is 0.352 e. The molecule has 0 saturated carbocycles. The number of aryl methyl sites for hydroxylation is 2. The lowest BCUT2D eigenvalue weighted by atomic mass is 10.2. The van der Waals surface area contributed by atoms with Crippen molar-refractivity contribution in [1.29, 1.82) is 0 Å². The Labute approximate surface area is 152 Å². The van der Waals surface area contributed by atoms with Crippen molar-refractivity contribution in [3.63, 3.8) is 0 Å². The lowest BCUT2D eigenvalue weighted by Crippen LogP contribution is -2.23. The van der Waals surface area contributed by atoms with Gasteiger partial charge in [0.2, 0.25) is 11.7 Å². The molecule has 1 amide bonds. The molecular weight excluding hydrogens is 352 g/mol. The predicted molar refractivity (Wildman–Crippen MR) is 98.0 cm³/mol. The van der Waals surface area contributed by atoms with Crippen LogP contribution in [-0.4, -0.2) is 30.1 Å². The summed E-state index contributed by atoms with van der Waals surface area (Å²) in [7, 11) is 1.68. The summed E-state index contributed by atoms with van der Waals surface area (Å²) < 4.78 is 3.99. The van der Waals surface area contributed by atoms with Gasteiger partial charge in [0.1, 0.15) is 10.5 Å². The van der Waals surface area contributed by atoms with Crippen molar-refractivity contribution < 1.29 is 4.79 Å². The zero-order valence-electron chi connectivity index (χ0n) is 14.0. The molecule has 0 saturated heterocycles. The molecule has 132 valence electrons. The van der Waals surface area contributed by atoms with Crippen LogP contribution in [-0.2, 0) is 24.8 Å². The molecule has 0 unspecified atom stereocenters. The normalized spacial score (nSPS) is 11.3. The van der Waals surface area contributed by atoms with Crippen molar-refractivity contribution in [1.82, 2.24) is 29.5 Å². The van der Waals surface area contributed by atoms with Crippen LogP contribution in [0.2, 0.25) is 0 Å². The van der Waals surface area contributed by atoms with Gasteiger partial charge in [-0.2, -0.15) is 0 Å². The van der Waals surface area contributed by atoms with Crippen molar-refractivity contribution in [2.75, 3.05) is 0 Å². The van der Waals surface area contributed by atoms with Gasteiger partial charge < -0.3 is 5.32 Å². The highest BCUT2D eigenvalue weighted by atomic mass is 32.1. The fraction of sp³-hybridized carbons (Fsp3) is 0.235. The van der Waals surface area contributed by atoms with Gasteiger partial charge in [-0.05, 0) is 23.1 Å². The summed E-state index contributed by atoms with van der Waals surface area (Å²) in [6.45, 7) is 0.441. The highest BCUT2D eigenvalue weighted by molar-refractivity contribution is 7.17. The molecule has 0 aromatic carbocycles. The average molecular weight is 368 g/mol. The lowest BCUT2D eigenvalue weighted by Gasteiger charge is -2.06. The number of carbonyl (C=O) groups excluding carboxylic acids is 1. The molecule has 0 atom stereocenters. The smallest absolute Gasteiger partial charge is 0.272 e. The highest BCUT2D eigenvalue weighted by Gasteiger charge is 2.16. The second-order valence-electron chi connectivity index (χ2n) is 5.89. The maximum Gasteiger partial charge on any atom is 0.272 e. The summed E-state index contributed by atoms with van der Waals surface area (Å²) in [4.78, 5) is 28.5. The molecule has 0 bridgehead atoms. The monoisotopic (exact) mass is 368 g/mol. The average Bonchev–Trinajstić information content (AvgIpc) is 3.30. The Balaban J connectivity index is 1.53. The number of nitrogens with zero attached hydrogens (tertiary/aromatic N) is 5. The zero-order valence-corrected chi connectivity index (χ0v) is 14.9. The molecule has 26 heavy (non-hydrogen) atoms. The Morgan fingerprint density at radius 3 is 3.00 bits per heavy atom. The van der Waals surface area contributed by atoms with E-state index in [0.29, 0.717) is 29.3 Å². The van der Waals surface area contributed by atoms with E-state index in [1.54, 1.807) is 19.4 Å². The molecule has 0 aliphatic heterocycles. The number of rotatable bonds is 5. The number of pyridine rings is 1. The maximum atomic E-state index is 12.3. The predicted octanol–water partition coefficient (Wildman–Crippen LogP) is 1.29. The maximum absolute atomic E-state index is 12.3. The van der Waals surface area contributed by atoms with Crippen LogP contribution < -0.4 is 10.9 Å². The lowest BCUT2D eigenvalue weighted by molar-refractivity contribution is -0.121. The molecule has 9 heteroatoms. The van der Waals surface area contributed by atoms with E-state index in [9.17, 15) is 9.59 Å². The molecule has 0 aliphatic rings. The highest BCUT2D eigenvalue weighted by Crippen LogP contribution is 2.19. The minimum atomic E-state index is -0.0873. The van der Waals surface area contributed by atoms with Gasteiger partial charge >= 0.3 is 0 Å². The van der Waals surface area contributed by atoms with Gasteiger partial charge in [-0.1, -0.05) is 6.07 Å². The Hall–Kier alpha value is -3.07. The van der Waals surface area contributed by atoms with Gasteiger partial charge in [-0.25, -0.2) is 0 Å². The number of hydrogen-bond donors (Lipinski definition) is 1. The number of hydrogen-bond acceptors (Lipinski definition) is 6. The third-order valence-electron chi connectivity index (χ3n) is 4.19. The molecule has 4 aromatic heterocycles. The number of nitrogens with one attached hydrogen (secondary N) is 1. The van der Waals surface area contributed by atoms with Crippen LogP contribution in [0.5, 0.6) is 0 Å². The quantitative estimate of drug-likeness (QED) is 0.573. The summed E-state index contributed by atoms with van der Waals surface area (Å²) in [6, 6.07) is 5.62. The van der Waals surface area contributed by atoms with E-state index >= 15 is 0 Å². The molecule has 0 spiro atoms. The van der Waals surface area contributed by atoms with Gasteiger partial charge in [0, 0.05) is 38.8 Å². The molecule has 4 heterocycles. The first-order valence-corrected chi connectivity index (χ1v) is 8.99. The number of aromatic nitrogens is 5. The van der Waals surface area contributed by atoms with Crippen LogP contribution in [0, 0.1) is 0 Å². The number of amides is 1. The minimum absolute atomic E-state index is 0.0722. The standard InChI is InChI=1S/C17H16N6O2S/c1-22-16(25)15-12(6-8-26-15)23-13(20-21-17(22)23)4-5-14(24)19-10-11-3-2-7-18-9-11/h2-3,6-9H,4-5,10H2,1H3,(H,19,24). The molecule has 0 radical (unpaired) electrons. The van der Waals surface area contributed by atoms with Crippen molar-refractivity contribution in [2.24, 2.45) is 7.05 Å². The fourth-order valence-corrected chi connectivity index (χ4v) is 3.68. The van der Waals surface area contributed by atoms with Crippen molar-refractivity contribution in [3.8, 4) is 0 Å². The van der Waals surface area contributed by atoms with Gasteiger partial charge in [-0.15, -0.1) is 21.5 Å². The van der Waals surface area contributed by atoms with E-state index in [2.05, 4.69) is 20.5 Å². The molecule has 4 aromatic rings. The third-order valence-corrected chi connectivity index (χ3v) is 5.08. The summed E-state index contributed by atoms with van der Waals surface area (Å²) in [5, 5.41) is 13.0. The second kappa shape index (κ2) is 6.68. The molecule has 0 aliphatic carbocycles. The number of carbonyl (C=O) groups is 1. The second-order valence-corrected chi connectivity index (χ2v) is 6.80. The first kappa shape index (κ1) is 16.4. The molecule has 8 nitrogen and oxygen atoms in total. The first-order valence-electron chi connectivity index (χ1n) is 8.11. The van der Waals surface area contributed by atoms with Gasteiger partial charge in [-0.3, -0.25) is 23.5 Å². The van der Waals surface area contributed by atoms with E-state index in [-0.39, 0.29) is 17.9 Å². The first-order chi connectivity index (χ1) is 12.6. The van der Waals surface area contributed by atoms with Gasteiger partial charge in [0.05, 0.1) is 5.52 Å². The Bertz CT molecular complexity index is 1140. The van der Waals surface area contributed by atoms with Crippen LogP contribution in [0.4, 0.5) is 0 Å². The Morgan fingerprint density at radius 2 is 2.19 bits per heavy atom. The fourth-order valence-electron chi connectivity index (χ4n) is 2.83. The number of thiophene rings is 1. The van der Waals surface area contributed by atoms with Crippen LogP contribution >= 0.6 is 11.3 Å². The molecule has 0 fully saturated rings. The topological polar surface area (TPSA) is 94.2 Å². The Morgan fingerprint density at radius 1 is 1.31 bits per heavy atom. The summed E-state index contributed by atoms with van der Waals surface area (Å²) in [5.74, 6) is 1.07. The van der Waals surface area contributed by atoms with E-state index in [1.165, 1.54) is 15.9 Å². The summed E-state index contributed by atoms with van der Waals surface area (Å²) in [6.07, 6.45) is 4.14. The Kier molecular flexibility index (Phi) is 4.21.